The molecule has 0 aromatic carbocycles. The van der Waals surface area contributed by atoms with Crippen molar-refractivity contribution >= 4 is 11.9 Å². The zero-order valence-corrected chi connectivity index (χ0v) is 34.3. The Balaban J connectivity index is 3.75. The van der Waals surface area contributed by atoms with Crippen molar-refractivity contribution in [1.82, 2.24) is 0 Å². The van der Waals surface area contributed by atoms with Crippen LogP contribution in [0.4, 0.5) is 0 Å². The van der Waals surface area contributed by atoms with Gasteiger partial charge in [0.25, 0.3) is 0 Å². The lowest BCUT2D eigenvalue weighted by molar-refractivity contribution is -0.161. The van der Waals surface area contributed by atoms with E-state index in [1.165, 1.54) is 89.9 Å². The SMILES string of the molecule is CC/C=C\C/C=C\C/C=C\C/C=C\C/C=C\C=C/C(O)CCC(=O)O[C@@H](CO)COC(=O)CCCCCCCCCCCCCCCCCCC(C)C. The molecular weight excluding hydrogens is 661 g/mol. The number of unbranched alkanes of at least 4 members (excludes halogenated alkanes) is 15. The van der Waals surface area contributed by atoms with Crippen LogP contribution in [0.1, 0.15) is 181 Å². The molecule has 6 heteroatoms. The third kappa shape index (κ3) is 40.3. The van der Waals surface area contributed by atoms with Crippen molar-refractivity contribution in [2.75, 3.05) is 13.2 Å². The molecule has 0 aromatic rings. The summed E-state index contributed by atoms with van der Waals surface area (Å²) in [5.74, 6) is -0.0249. The quantitative estimate of drug-likeness (QED) is 0.0285. The summed E-state index contributed by atoms with van der Waals surface area (Å²) in [5.41, 5.74) is 0. The maximum absolute atomic E-state index is 12.2. The second-order valence-electron chi connectivity index (χ2n) is 14.7. The highest BCUT2D eigenvalue weighted by Crippen LogP contribution is 2.15. The molecule has 0 amide bonds. The molecule has 0 bridgehead atoms. The summed E-state index contributed by atoms with van der Waals surface area (Å²) in [6.07, 6.45) is 50.1. The first kappa shape index (κ1) is 50.3. The van der Waals surface area contributed by atoms with Crippen molar-refractivity contribution in [1.29, 1.82) is 0 Å². The van der Waals surface area contributed by atoms with E-state index in [0.717, 1.165) is 57.3 Å². The molecule has 0 aliphatic heterocycles. The van der Waals surface area contributed by atoms with E-state index in [9.17, 15) is 19.8 Å². The van der Waals surface area contributed by atoms with Gasteiger partial charge in [-0.15, -0.1) is 0 Å². The Morgan fingerprint density at radius 3 is 1.47 bits per heavy atom. The van der Waals surface area contributed by atoms with E-state index in [1.807, 2.05) is 12.2 Å². The van der Waals surface area contributed by atoms with Gasteiger partial charge in [0.05, 0.1) is 12.7 Å². The maximum Gasteiger partial charge on any atom is 0.306 e. The number of ether oxygens (including phenoxy) is 2. The lowest BCUT2D eigenvalue weighted by atomic mass is 10.0. The molecule has 0 fully saturated rings. The van der Waals surface area contributed by atoms with Crippen molar-refractivity contribution in [3.05, 3.63) is 72.9 Å². The minimum atomic E-state index is -0.898. The Labute approximate surface area is 326 Å². The first-order valence-corrected chi connectivity index (χ1v) is 21.5. The number of carbonyl (C=O) groups excluding carboxylic acids is 2. The molecule has 0 rings (SSSR count). The van der Waals surface area contributed by atoms with Crippen molar-refractivity contribution in [3.63, 3.8) is 0 Å². The van der Waals surface area contributed by atoms with Crippen molar-refractivity contribution in [3.8, 4) is 0 Å². The molecule has 0 aliphatic rings. The first-order valence-electron chi connectivity index (χ1n) is 21.5. The average molecular weight is 741 g/mol. The van der Waals surface area contributed by atoms with Gasteiger partial charge in [-0.2, -0.15) is 0 Å². The Hall–Kier alpha value is -2.70. The van der Waals surface area contributed by atoms with Crippen LogP contribution in [0.25, 0.3) is 0 Å². The van der Waals surface area contributed by atoms with Crippen LogP contribution in [0.15, 0.2) is 72.9 Å². The maximum atomic E-state index is 12.2. The predicted molar refractivity (Wildman–Crippen MR) is 225 cm³/mol. The molecule has 6 nitrogen and oxygen atoms in total. The fourth-order valence-electron chi connectivity index (χ4n) is 5.79. The largest absolute Gasteiger partial charge is 0.462 e. The van der Waals surface area contributed by atoms with Crippen LogP contribution in [-0.2, 0) is 19.1 Å². The Kier molecular flexibility index (Phi) is 38.4. The average Bonchev–Trinajstić information content (AvgIpc) is 3.14. The van der Waals surface area contributed by atoms with Gasteiger partial charge in [-0.1, -0.05) is 196 Å². The van der Waals surface area contributed by atoms with E-state index in [2.05, 4.69) is 69.4 Å². The third-order valence-electron chi connectivity index (χ3n) is 9.06. The molecule has 2 atom stereocenters. The van der Waals surface area contributed by atoms with Gasteiger partial charge in [-0.3, -0.25) is 9.59 Å². The highest BCUT2D eigenvalue weighted by molar-refractivity contribution is 5.70. The van der Waals surface area contributed by atoms with Gasteiger partial charge in [0.1, 0.15) is 6.61 Å². The smallest absolute Gasteiger partial charge is 0.306 e. The van der Waals surface area contributed by atoms with Crippen LogP contribution in [0.5, 0.6) is 0 Å². The Morgan fingerprint density at radius 1 is 0.547 bits per heavy atom. The van der Waals surface area contributed by atoms with Gasteiger partial charge in [-0.25, -0.2) is 0 Å². The minimum absolute atomic E-state index is 0.000482. The molecule has 304 valence electrons. The molecule has 0 radical (unpaired) electrons. The number of carbonyl (C=O) groups is 2. The van der Waals surface area contributed by atoms with E-state index in [1.54, 1.807) is 12.2 Å². The van der Waals surface area contributed by atoms with E-state index >= 15 is 0 Å². The summed E-state index contributed by atoms with van der Waals surface area (Å²) in [6.45, 7) is 6.18. The summed E-state index contributed by atoms with van der Waals surface area (Å²) in [4.78, 5) is 24.3. The van der Waals surface area contributed by atoms with Crippen LogP contribution in [-0.4, -0.2) is 47.6 Å². The number of allylic oxidation sites excluding steroid dienone is 11. The molecule has 1 unspecified atom stereocenters. The van der Waals surface area contributed by atoms with Gasteiger partial charge in [-0.05, 0) is 50.9 Å². The van der Waals surface area contributed by atoms with Crippen LogP contribution in [0.3, 0.4) is 0 Å². The van der Waals surface area contributed by atoms with E-state index < -0.39 is 24.8 Å². The topological polar surface area (TPSA) is 93.1 Å². The third-order valence-corrected chi connectivity index (χ3v) is 9.06. The Bertz CT molecular complexity index is 1000. The fourth-order valence-corrected chi connectivity index (χ4v) is 5.79. The van der Waals surface area contributed by atoms with Gasteiger partial charge in [0.15, 0.2) is 6.10 Å². The number of esters is 2. The highest BCUT2D eigenvalue weighted by atomic mass is 16.6. The fraction of sp³-hybridized carbons (Fsp3) is 0.702. The van der Waals surface area contributed by atoms with Gasteiger partial charge in [0.2, 0.25) is 0 Å². The molecular formula is C47H80O6. The van der Waals surface area contributed by atoms with E-state index in [0.29, 0.717) is 6.42 Å². The molecule has 53 heavy (non-hydrogen) atoms. The molecule has 0 aliphatic carbocycles. The van der Waals surface area contributed by atoms with E-state index in [4.69, 9.17) is 9.47 Å². The van der Waals surface area contributed by atoms with Crippen molar-refractivity contribution in [2.24, 2.45) is 5.92 Å². The Morgan fingerprint density at radius 2 is 1.00 bits per heavy atom. The van der Waals surface area contributed by atoms with Crippen molar-refractivity contribution < 1.29 is 29.3 Å². The van der Waals surface area contributed by atoms with Crippen LogP contribution in [0, 0.1) is 5.92 Å². The zero-order valence-electron chi connectivity index (χ0n) is 34.3. The summed E-state index contributed by atoms with van der Waals surface area (Å²) in [6, 6.07) is 0. The summed E-state index contributed by atoms with van der Waals surface area (Å²) in [5, 5.41) is 19.7. The second kappa shape index (κ2) is 40.5. The van der Waals surface area contributed by atoms with Crippen LogP contribution >= 0.6 is 0 Å². The van der Waals surface area contributed by atoms with Gasteiger partial charge in [0, 0.05) is 12.8 Å². The first-order chi connectivity index (χ1) is 25.9. The minimum Gasteiger partial charge on any atom is -0.462 e. The summed E-state index contributed by atoms with van der Waals surface area (Å²) < 4.78 is 10.5. The lowest BCUT2D eigenvalue weighted by Crippen LogP contribution is -2.28. The monoisotopic (exact) mass is 741 g/mol. The molecule has 0 saturated carbocycles. The molecule has 0 heterocycles. The number of hydrogen-bond acceptors (Lipinski definition) is 6. The molecule has 0 saturated heterocycles. The second-order valence-corrected chi connectivity index (χ2v) is 14.7. The van der Waals surface area contributed by atoms with Crippen molar-refractivity contribution in [2.45, 2.75) is 193 Å². The standard InChI is InChI=1S/C47H80O6/c1-4-5-6-7-8-9-10-11-12-16-19-22-25-28-31-34-37-44(49)39-40-47(51)53-45(41-48)42-52-46(50)38-35-32-29-26-23-20-17-14-13-15-18-21-24-27-30-33-36-43(2)3/h5-6,8-9,11-12,19,22,28,31,34,37,43-45,48-49H,4,7,10,13-18,20-21,23-27,29-30,32-33,35-36,38-42H2,1-3H3/b6-5-,9-8-,12-11-,22-19-,31-28-,37-34-/t44?,45-/m0/s1. The normalized spacial score (nSPS) is 13.6. The summed E-state index contributed by atoms with van der Waals surface area (Å²) >= 11 is 0. The van der Waals surface area contributed by atoms with Gasteiger partial charge >= 0.3 is 11.9 Å². The summed E-state index contributed by atoms with van der Waals surface area (Å²) in [7, 11) is 0. The number of hydrogen-bond donors (Lipinski definition) is 2. The number of aliphatic hydroxyl groups is 2. The highest BCUT2D eigenvalue weighted by Gasteiger charge is 2.17. The molecule has 0 spiro atoms. The predicted octanol–water partition coefficient (Wildman–Crippen LogP) is 12.6. The zero-order chi connectivity index (χ0) is 38.9. The van der Waals surface area contributed by atoms with E-state index in [-0.39, 0.29) is 25.4 Å². The van der Waals surface area contributed by atoms with Crippen LogP contribution in [0.2, 0.25) is 0 Å². The number of rotatable bonds is 37. The lowest BCUT2D eigenvalue weighted by Gasteiger charge is -2.16. The van der Waals surface area contributed by atoms with Gasteiger partial charge < -0.3 is 19.7 Å². The molecule has 0 aromatic heterocycles. The molecule has 2 N–H and O–H groups in total. The van der Waals surface area contributed by atoms with Crippen LogP contribution < -0.4 is 0 Å². The number of aliphatic hydroxyl groups excluding tert-OH is 2.